The van der Waals surface area contributed by atoms with Crippen LogP contribution in [0.5, 0.6) is 0 Å². The minimum Gasteiger partial charge on any atom is -0.464 e. The first-order chi connectivity index (χ1) is 9.44. The summed E-state index contributed by atoms with van der Waals surface area (Å²) in [5, 5.41) is 3.53. The lowest BCUT2D eigenvalue weighted by Crippen LogP contribution is -2.24. The molecule has 0 aliphatic rings. The molecule has 0 aliphatic carbocycles. The van der Waals surface area contributed by atoms with Crippen molar-refractivity contribution in [3.8, 4) is 0 Å². The van der Waals surface area contributed by atoms with Gasteiger partial charge in [0.1, 0.15) is 0 Å². The highest BCUT2D eigenvalue weighted by molar-refractivity contribution is 7.91. The van der Waals surface area contributed by atoms with Crippen LogP contribution in [-0.4, -0.2) is 36.6 Å². The molecule has 0 radical (unpaired) electrons. The molecule has 0 saturated heterocycles. The highest BCUT2D eigenvalue weighted by Gasteiger charge is 2.26. The number of carbonyl (C=O) groups excluding carboxylic acids is 1. The van der Waals surface area contributed by atoms with E-state index in [0.29, 0.717) is 5.82 Å². The molecule has 0 bridgehead atoms. The van der Waals surface area contributed by atoms with Crippen molar-refractivity contribution in [3.05, 3.63) is 22.9 Å². The summed E-state index contributed by atoms with van der Waals surface area (Å²) < 4.78 is 35.4. The second kappa shape index (κ2) is 5.64. The van der Waals surface area contributed by atoms with Gasteiger partial charge in [-0.15, -0.1) is 11.3 Å². The molecule has 2 heterocycles. The zero-order valence-electron chi connectivity index (χ0n) is 10.5. The highest BCUT2D eigenvalue weighted by Crippen LogP contribution is 2.20. The Kier molecular flexibility index (Phi) is 4.11. The first-order valence-corrected chi connectivity index (χ1v) is 7.61. The average Bonchev–Trinajstić information content (AvgIpc) is 3.04. The Morgan fingerprint density at radius 3 is 2.90 bits per heavy atom. The standard InChI is InChI=1S/C9H10N4O5S2/c1-5-12-6(18-13-5)3-11-20(15,16)9-7(8(14)17-2)10-4-19-9/h4,11H,3H2,1-2H3. The molecular weight excluding hydrogens is 308 g/mol. The molecule has 0 unspecified atom stereocenters. The number of aryl methyl sites for hydroxylation is 1. The van der Waals surface area contributed by atoms with Gasteiger partial charge in [0.15, 0.2) is 15.7 Å². The van der Waals surface area contributed by atoms with Crippen molar-refractivity contribution in [1.82, 2.24) is 19.8 Å². The van der Waals surface area contributed by atoms with E-state index in [1.165, 1.54) is 5.51 Å². The SMILES string of the molecule is COC(=O)c1ncsc1S(=O)(=O)NCc1nc(C)no1. The molecule has 0 amide bonds. The van der Waals surface area contributed by atoms with E-state index in [9.17, 15) is 13.2 Å². The van der Waals surface area contributed by atoms with Gasteiger partial charge in [-0.25, -0.2) is 22.9 Å². The molecule has 9 nitrogen and oxygen atoms in total. The van der Waals surface area contributed by atoms with E-state index < -0.39 is 16.0 Å². The topological polar surface area (TPSA) is 124 Å². The van der Waals surface area contributed by atoms with Crippen molar-refractivity contribution in [1.29, 1.82) is 0 Å². The summed E-state index contributed by atoms with van der Waals surface area (Å²) in [4.78, 5) is 19.0. The normalized spacial score (nSPS) is 11.5. The third-order valence-corrected chi connectivity index (χ3v) is 4.91. The number of nitrogens with zero attached hydrogens (tertiary/aromatic N) is 3. The van der Waals surface area contributed by atoms with Gasteiger partial charge in [0, 0.05) is 0 Å². The summed E-state index contributed by atoms with van der Waals surface area (Å²) in [5.41, 5.74) is 0.990. The number of aromatic nitrogens is 3. The van der Waals surface area contributed by atoms with Crippen molar-refractivity contribution in [2.24, 2.45) is 0 Å². The van der Waals surface area contributed by atoms with E-state index in [0.717, 1.165) is 18.4 Å². The lowest BCUT2D eigenvalue weighted by Gasteiger charge is -2.03. The lowest BCUT2D eigenvalue weighted by atomic mass is 10.5. The van der Waals surface area contributed by atoms with Crippen molar-refractivity contribution < 1.29 is 22.5 Å². The van der Waals surface area contributed by atoms with Gasteiger partial charge in [0.25, 0.3) is 10.0 Å². The molecule has 1 N–H and O–H groups in total. The predicted molar refractivity (Wildman–Crippen MR) is 66.5 cm³/mol. The van der Waals surface area contributed by atoms with Gasteiger partial charge < -0.3 is 9.26 Å². The van der Waals surface area contributed by atoms with E-state index in [4.69, 9.17) is 4.52 Å². The predicted octanol–water partition coefficient (Wildman–Crippen LogP) is 0.0996. The molecule has 20 heavy (non-hydrogen) atoms. The van der Waals surface area contributed by atoms with E-state index in [1.54, 1.807) is 6.92 Å². The molecule has 2 rings (SSSR count). The number of hydrogen-bond donors (Lipinski definition) is 1. The van der Waals surface area contributed by atoms with Crippen LogP contribution in [0.3, 0.4) is 0 Å². The van der Waals surface area contributed by atoms with Crippen LogP contribution in [0.25, 0.3) is 0 Å². The molecule has 0 atom stereocenters. The van der Waals surface area contributed by atoms with Crippen LogP contribution < -0.4 is 4.72 Å². The van der Waals surface area contributed by atoms with Gasteiger partial charge in [-0.05, 0) is 6.92 Å². The molecule has 0 aromatic carbocycles. The Balaban J connectivity index is 2.18. The van der Waals surface area contributed by atoms with Crippen molar-refractivity contribution in [2.75, 3.05) is 7.11 Å². The maximum absolute atomic E-state index is 12.1. The zero-order valence-corrected chi connectivity index (χ0v) is 12.1. The fourth-order valence-electron chi connectivity index (χ4n) is 1.29. The van der Waals surface area contributed by atoms with Crippen LogP contribution >= 0.6 is 11.3 Å². The molecule has 11 heteroatoms. The Labute approximate surface area is 118 Å². The second-order valence-corrected chi connectivity index (χ2v) is 6.36. The minimum atomic E-state index is -3.91. The van der Waals surface area contributed by atoms with Gasteiger partial charge in [-0.1, -0.05) is 5.16 Å². The Hall–Kier alpha value is -1.85. The third kappa shape index (κ3) is 3.00. The number of hydrogen-bond acceptors (Lipinski definition) is 9. The van der Waals surface area contributed by atoms with E-state index in [1.807, 2.05) is 0 Å². The van der Waals surface area contributed by atoms with Crippen LogP contribution in [0.2, 0.25) is 0 Å². The summed E-state index contributed by atoms with van der Waals surface area (Å²) in [5.74, 6) is -0.303. The second-order valence-electron chi connectivity index (χ2n) is 3.54. The van der Waals surface area contributed by atoms with Crippen LogP contribution in [0.15, 0.2) is 14.2 Å². The van der Waals surface area contributed by atoms with E-state index in [2.05, 4.69) is 24.6 Å². The number of carbonyl (C=O) groups is 1. The number of methoxy groups -OCH3 is 1. The minimum absolute atomic E-state index is 0.121. The van der Waals surface area contributed by atoms with Crippen LogP contribution in [0.1, 0.15) is 22.2 Å². The molecule has 0 spiro atoms. The Bertz CT molecular complexity index is 720. The van der Waals surface area contributed by atoms with Gasteiger partial charge in [-0.2, -0.15) is 4.98 Å². The van der Waals surface area contributed by atoms with E-state index >= 15 is 0 Å². The van der Waals surface area contributed by atoms with Crippen molar-refractivity contribution >= 4 is 27.3 Å². The molecule has 2 aromatic heterocycles. The average molecular weight is 318 g/mol. The fourth-order valence-corrected chi connectivity index (χ4v) is 3.44. The molecule has 108 valence electrons. The van der Waals surface area contributed by atoms with Crippen LogP contribution in [0.4, 0.5) is 0 Å². The Morgan fingerprint density at radius 2 is 2.30 bits per heavy atom. The highest BCUT2D eigenvalue weighted by atomic mass is 32.2. The monoisotopic (exact) mass is 318 g/mol. The van der Waals surface area contributed by atoms with E-state index in [-0.39, 0.29) is 22.3 Å². The summed E-state index contributed by atoms with van der Waals surface area (Å²) >= 11 is 0.811. The van der Waals surface area contributed by atoms with Crippen LogP contribution in [-0.2, 0) is 21.3 Å². The van der Waals surface area contributed by atoms with Gasteiger partial charge in [0.05, 0.1) is 19.2 Å². The molecule has 0 fully saturated rings. The smallest absolute Gasteiger partial charge is 0.358 e. The Morgan fingerprint density at radius 1 is 1.55 bits per heavy atom. The van der Waals surface area contributed by atoms with Gasteiger partial charge in [-0.3, -0.25) is 0 Å². The number of ether oxygens (including phenoxy) is 1. The van der Waals surface area contributed by atoms with Crippen molar-refractivity contribution in [3.63, 3.8) is 0 Å². The molecule has 0 aliphatic heterocycles. The molecule has 0 saturated carbocycles. The maximum atomic E-state index is 12.1. The van der Waals surface area contributed by atoms with Gasteiger partial charge >= 0.3 is 5.97 Å². The number of esters is 1. The quantitative estimate of drug-likeness (QED) is 0.770. The number of thiazole rings is 1. The van der Waals surface area contributed by atoms with Crippen LogP contribution in [0, 0.1) is 6.92 Å². The fraction of sp³-hybridized carbons (Fsp3) is 0.333. The zero-order chi connectivity index (χ0) is 14.8. The third-order valence-electron chi connectivity index (χ3n) is 2.14. The molecule has 2 aromatic rings. The van der Waals surface area contributed by atoms with Crippen molar-refractivity contribution in [2.45, 2.75) is 17.7 Å². The largest absolute Gasteiger partial charge is 0.464 e. The maximum Gasteiger partial charge on any atom is 0.358 e. The lowest BCUT2D eigenvalue weighted by molar-refractivity contribution is 0.0590. The summed E-state index contributed by atoms with van der Waals surface area (Å²) in [6.45, 7) is 1.43. The first-order valence-electron chi connectivity index (χ1n) is 5.24. The van der Waals surface area contributed by atoms with Gasteiger partial charge in [0.2, 0.25) is 5.89 Å². The number of nitrogens with one attached hydrogen (secondary N) is 1. The summed E-state index contributed by atoms with van der Waals surface area (Å²) in [6.07, 6.45) is 0. The summed E-state index contributed by atoms with van der Waals surface area (Å²) in [6, 6.07) is 0. The summed E-state index contributed by atoms with van der Waals surface area (Å²) in [7, 11) is -2.77. The molecular formula is C9H10N4O5S2. The number of sulfonamides is 1. The first kappa shape index (κ1) is 14.6. The number of rotatable bonds is 5.